The molecule has 4 rings (SSSR count). The molecule has 3 N–H and O–H groups in total. The van der Waals surface area contributed by atoms with Crippen LogP contribution in [-0.2, 0) is 12.8 Å². The van der Waals surface area contributed by atoms with E-state index in [1.54, 1.807) is 18.2 Å². The minimum absolute atomic E-state index is 0.380. The normalized spacial score (nSPS) is 12.5. The van der Waals surface area contributed by atoms with Gasteiger partial charge in [-0.1, -0.05) is 32.0 Å². The van der Waals surface area contributed by atoms with Crippen molar-refractivity contribution in [2.24, 2.45) is 0 Å². The van der Waals surface area contributed by atoms with Gasteiger partial charge in [0.2, 0.25) is 11.6 Å². The second-order valence-corrected chi connectivity index (χ2v) is 7.36. The number of aromatic hydroxyl groups is 2. The summed E-state index contributed by atoms with van der Waals surface area (Å²) in [4.78, 5) is 25.8. The summed E-state index contributed by atoms with van der Waals surface area (Å²) in [6.45, 7) is 3.68. The number of rotatable bonds is 4. The summed E-state index contributed by atoms with van der Waals surface area (Å²) < 4.78 is 45.6. The molecule has 0 heterocycles. The highest BCUT2D eigenvalue weighted by Crippen LogP contribution is 2.42. The molecule has 0 spiro atoms. The molecule has 0 saturated carbocycles. The Morgan fingerprint density at radius 3 is 1.62 bits per heavy atom. The van der Waals surface area contributed by atoms with Gasteiger partial charge in [0.25, 0.3) is 0 Å². The molecular formula is C24H18F3NO4. The number of para-hydroxylation sites is 1. The van der Waals surface area contributed by atoms with Gasteiger partial charge in [-0.25, -0.2) is 13.2 Å². The lowest BCUT2D eigenvalue weighted by atomic mass is 9.82. The highest BCUT2D eigenvalue weighted by atomic mass is 19.2. The summed E-state index contributed by atoms with van der Waals surface area (Å²) in [7, 11) is 0. The molecule has 0 aliphatic heterocycles. The molecule has 0 aromatic heterocycles. The Labute approximate surface area is 181 Å². The number of nitrogens with one attached hydrogen (secondary N) is 1. The molecule has 0 radical (unpaired) electrons. The molecule has 8 heteroatoms. The van der Waals surface area contributed by atoms with Gasteiger partial charge in [-0.2, -0.15) is 0 Å². The fourth-order valence-corrected chi connectivity index (χ4v) is 4.02. The van der Waals surface area contributed by atoms with Crippen molar-refractivity contribution in [1.82, 2.24) is 0 Å². The lowest BCUT2D eigenvalue weighted by molar-refractivity contribution is 0.0966. The average molecular weight is 441 g/mol. The number of aryl methyl sites for hydroxylation is 2. The number of phenolic OH excluding ortho intramolecular Hbond substituents is 2. The van der Waals surface area contributed by atoms with Crippen LogP contribution in [0.1, 0.15) is 56.8 Å². The van der Waals surface area contributed by atoms with Crippen LogP contribution in [0.25, 0.3) is 0 Å². The maximum Gasteiger partial charge on any atom is 0.201 e. The maximum atomic E-state index is 15.5. The first-order valence-electron chi connectivity index (χ1n) is 9.95. The van der Waals surface area contributed by atoms with Crippen molar-refractivity contribution in [2.45, 2.75) is 26.7 Å². The zero-order valence-corrected chi connectivity index (χ0v) is 17.1. The Morgan fingerprint density at radius 2 is 1.16 bits per heavy atom. The lowest BCUT2D eigenvalue weighted by Crippen LogP contribution is -2.26. The molecule has 0 bridgehead atoms. The quantitative estimate of drug-likeness (QED) is 0.301. The van der Waals surface area contributed by atoms with Crippen LogP contribution in [0, 0.1) is 17.5 Å². The van der Waals surface area contributed by atoms with E-state index in [9.17, 15) is 19.8 Å². The Hall–Kier alpha value is -3.81. The van der Waals surface area contributed by atoms with Crippen LogP contribution >= 0.6 is 0 Å². The van der Waals surface area contributed by atoms with Gasteiger partial charge in [0, 0.05) is 5.69 Å². The van der Waals surface area contributed by atoms with E-state index >= 15 is 13.2 Å². The third-order valence-corrected chi connectivity index (χ3v) is 5.64. The van der Waals surface area contributed by atoms with E-state index in [0.29, 0.717) is 18.5 Å². The fourth-order valence-electron chi connectivity index (χ4n) is 4.02. The van der Waals surface area contributed by atoms with E-state index < -0.39 is 68.5 Å². The number of benzene rings is 3. The molecule has 0 unspecified atom stereocenters. The molecule has 164 valence electrons. The number of fused-ring (bicyclic) bond motifs is 2. The van der Waals surface area contributed by atoms with Crippen molar-refractivity contribution in [3.63, 3.8) is 0 Å². The van der Waals surface area contributed by atoms with Crippen molar-refractivity contribution in [1.29, 1.82) is 0 Å². The van der Waals surface area contributed by atoms with Gasteiger partial charge in [0.05, 0.1) is 22.3 Å². The minimum atomic E-state index is -1.72. The summed E-state index contributed by atoms with van der Waals surface area (Å²) in [5.74, 6) is -8.78. The van der Waals surface area contributed by atoms with Crippen LogP contribution in [0.2, 0.25) is 0 Å². The smallest absolute Gasteiger partial charge is 0.201 e. The zero-order valence-electron chi connectivity index (χ0n) is 17.1. The van der Waals surface area contributed by atoms with E-state index in [2.05, 4.69) is 5.32 Å². The Kier molecular flexibility index (Phi) is 5.16. The average Bonchev–Trinajstić information content (AvgIpc) is 2.78. The SMILES string of the molecule is CCc1cccc(CC)c1Nc1c(F)c(F)c2c(c1F)C(=O)c1c(O)ccc(O)c1C2=O. The molecule has 1 aliphatic carbocycles. The number of ketones is 2. The standard InChI is InChI=1S/C24H18F3NO4/c1-3-10-6-5-7-11(4-2)21(10)28-22-19(26)17-16(18(25)20(22)27)23(31)14-12(29)8-9-13(30)15(14)24(17)32/h5-9,28-30H,3-4H2,1-2H3. The van der Waals surface area contributed by atoms with Gasteiger partial charge in [-0.05, 0) is 36.1 Å². The maximum absolute atomic E-state index is 15.5. The minimum Gasteiger partial charge on any atom is -0.507 e. The molecule has 32 heavy (non-hydrogen) atoms. The molecule has 3 aromatic rings. The topological polar surface area (TPSA) is 86.6 Å². The molecule has 1 aliphatic rings. The Bertz CT molecular complexity index is 1300. The molecule has 0 atom stereocenters. The molecule has 3 aromatic carbocycles. The number of anilines is 2. The number of carbonyl (C=O) groups excluding carboxylic acids is 2. The van der Waals surface area contributed by atoms with Crippen molar-refractivity contribution in [3.8, 4) is 11.5 Å². The summed E-state index contributed by atoms with van der Waals surface area (Å²) in [5.41, 5.74) is -2.59. The lowest BCUT2D eigenvalue weighted by Gasteiger charge is -2.23. The molecular weight excluding hydrogens is 423 g/mol. The van der Waals surface area contributed by atoms with Gasteiger partial charge < -0.3 is 15.5 Å². The number of phenols is 2. The largest absolute Gasteiger partial charge is 0.507 e. The van der Waals surface area contributed by atoms with Gasteiger partial charge in [0.15, 0.2) is 17.5 Å². The van der Waals surface area contributed by atoms with E-state index in [0.717, 1.165) is 23.3 Å². The molecule has 5 nitrogen and oxygen atoms in total. The summed E-state index contributed by atoms with van der Waals surface area (Å²) in [5, 5.41) is 22.6. The van der Waals surface area contributed by atoms with Gasteiger partial charge in [0.1, 0.15) is 17.2 Å². The number of halogens is 3. The van der Waals surface area contributed by atoms with Crippen LogP contribution in [0.5, 0.6) is 11.5 Å². The predicted molar refractivity (Wildman–Crippen MR) is 111 cm³/mol. The third-order valence-electron chi connectivity index (χ3n) is 5.64. The van der Waals surface area contributed by atoms with E-state index in [-0.39, 0.29) is 0 Å². The number of hydrogen-bond donors (Lipinski definition) is 3. The van der Waals surface area contributed by atoms with Crippen LogP contribution in [-0.4, -0.2) is 21.8 Å². The van der Waals surface area contributed by atoms with Crippen molar-refractivity contribution in [2.75, 3.05) is 5.32 Å². The Morgan fingerprint density at radius 1 is 0.688 bits per heavy atom. The predicted octanol–water partition coefficient (Wildman–Crippen LogP) is 5.16. The second-order valence-electron chi connectivity index (χ2n) is 7.36. The van der Waals surface area contributed by atoms with Gasteiger partial charge >= 0.3 is 0 Å². The summed E-state index contributed by atoms with van der Waals surface area (Å²) in [6, 6.07) is 7.16. The van der Waals surface area contributed by atoms with Crippen LogP contribution in [0.15, 0.2) is 30.3 Å². The highest BCUT2D eigenvalue weighted by Gasteiger charge is 2.41. The second kappa shape index (κ2) is 7.71. The van der Waals surface area contributed by atoms with E-state index in [4.69, 9.17) is 0 Å². The van der Waals surface area contributed by atoms with Crippen molar-refractivity contribution < 1.29 is 33.0 Å². The summed E-state index contributed by atoms with van der Waals surface area (Å²) >= 11 is 0. The molecule has 0 saturated heterocycles. The van der Waals surface area contributed by atoms with Crippen molar-refractivity contribution >= 4 is 22.9 Å². The van der Waals surface area contributed by atoms with Crippen LogP contribution in [0.4, 0.5) is 24.5 Å². The number of carbonyl (C=O) groups is 2. The van der Waals surface area contributed by atoms with Gasteiger partial charge in [-0.15, -0.1) is 0 Å². The van der Waals surface area contributed by atoms with E-state index in [1.807, 2.05) is 13.8 Å². The first-order valence-corrected chi connectivity index (χ1v) is 9.95. The summed E-state index contributed by atoms with van der Waals surface area (Å²) in [6.07, 6.45) is 1.04. The monoisotopic (exact) mass is 441 g/mol. The first kappa shape index (κ1) is 21.4. The highest BCUT2D eigenvalue weighted by molar-refractivity contribution is 6.30. The number of hydrogen-bond acceptors (Lipinski definition) is 5. The molecule has 0 fully saturated rings. The Balaban J connectivity index is 1.99. The third kappa shape index (κ3) is 2.94. The first-order chi connectivity index (χ1) is 15.2. The van der Waals surface area contributed by atoms with E-state index in [1.165, 1.54) is 0 Å². The fraction of sp³-hybridized carbons (Fsp3) is 0.167. The zero-order chi connectivity index (χ0) is 23.3. The van der Waals surface area contributed by atoms with Crippen LogP contribution < -0.4 is 5.32 Å². The molecule has 0 amide bonds. The van der Waals surface area contributed by atoms with Crippen molar-refractivity contribution in [3.05, 3.63) is 81.2 Å². The van der Waals surface area contributed by atoms with Gasteiger partial charge in [-0.3, -0.25) is 9.59 Å². The van der Waals surface area contributed by atoms with Crippen LogP contribution in [0.3, 0.4) is 0 Å².